The van der Waals surface area contributed by atoms with Crippen molar-refractivity contribution in [2.24, 2.45) is 0 Å². The monoisotopic (exact) mass is 286 g/mol. The molecule has 1 unspecified atom stereocenters. The molecule has 0 radical (unpaired) electrons. The van der Waals surface area contributed by atoms with Crippen LogP contribution >= 0.6 is 0 Å². The summed E-state index contributed by atoms with van der Waals surface area (Å²) in [7, 11) is 0. The lowest BCUT2D eigenvalue weighted by atomic mass is 10.0. The van der Waals surface area contributed by atoms with Gasteiger partial charge in [-0.05, 0) is 36.6 Å². The van der Waals surface area contributed by atoms with E-state index >= 15 is 0 Å². The van der Waals surface area contributed by atoms with Crippen LogP contribution in [-0.4, -0.2) is 10.0 Å². The molecule has 2 N–H and O–H groups in total. The molecule has 0 bridgehead atoms. The van der Waals surface area contributed by atoms with Gasteiger partial charge < -0.3 is 10.4 Å². The van der Waals surface area contributed by atoms with Gasteiger partial charge in [-0.15, -0.1) is 0 Å². The van der Waals surface area contributed by atoms with Gasteiger partial charge in [0.15, 0.2) is 0 Å². The number of hydrogen-bond donors (Lipinski definition) is 2. The molecule has 0 saturated carbocycles. The van der Waals surface area contributed by atoms with Crippen molar-refractivity contribution >= 4 is 11.4 Å². The molecule has 0 fully saturated rings. The molecular weight excluding hydrogens is 268 g/mol. The SMILES string of the molecule is CCc1ccc(C(C)Nc2ccc(O)cc2[N+](=O)[O-])cc1. The molecule has 5 nitrogen and oxygen atoms in total. The lowest BCUT2D eigenvalue weighted by Crippen LogP contribution is -2.08. The fraction of sp³-hybridized carbons (Fsp3) is 0.250. The van der Waals surface area contributed by atoms with Crippen LogP contribution in [0.4, 0.5) is 11.4 Å². The molecule has 0 aliphatic heterocycles. The summed E-state index contributed by atoms with van der Waals surface area (Å²) in [5.41, 5.74) is 2.56. The minimum atomic E-state index is -0.505. The summed E-state index contributed by atoms with van der Waals surface area (Å²) in [6.07, 6.45) is 0.978. The maximum atomic E-state index is 11.0. The smallest absolute Gasteiger partial charge is 0.296 e. The molecule has 0 saturated heterocycles. The van der Waals surface area contributed by atoms with E-state index in [1.165, 1.54) is 17.7 Å². The molecule has 1 atom stereocenters. The van der Waals surface area contributed by atoms with E-state index in [-0.39, 0.29) is 17.5 Å². The number of nitrogens with zero attached hydrogens (tertiary/aromatic N) is 1. The van der Waals surface area contributed by atoms with Crippen molar-refractivity contribution in [1.29, 1.82) is 0 Å². The Morgan fingerprint density at radius 1 is 1.24 bits per heavy atom. The molecule has 0 amide bonds. The molecule has 0 aliphatic rings. The number of rotatable bonds is 5. The van der Waals surface area contributed by atoms with Gasteiger partial charge in [0.05, 0.1) is 11.0 Å². The molecule has 2 aromatic rings. The fourth-order valence-electron chi connectivity index (χ4n) is 2.15. The van der Waals surface area contributed by atoms with Crippen LogP contribution in [0.2, 0.25) is 0 Å². The zero-order valence-corrected chi connectivity index (χ0v) is 12.0. The fourth-order valence-corrected chi connectivity index (χ4v) is 2.15. The second-order valence-electron chi connectivity index (χ2n) is 4.92. The van der Waals surface area contributed by atoms with Crippen LogP contribution in [0, 0.1) is 10.1 Å². The summed E-state index contributed by atoms with van der Waals surface area (Å²) in [6.45, 7) is 4.04. The van der Waals surface area contributed by atoms with E-state index in [1.807, 2.05) is 19.1 Å². The zero-order chi connectivity index (χ0) is 15.4. The van der Waals surface area contributed by atoms with E-state index in [2.05, 4.69) is 24.4 Å². The first-order valence-electron chi connectivity index (χ1n) is 6.84. The van der Waals surface area contributed by atoms with Gasteiger partial charge in [0.25, 0.3) is 5.69 Å². The molecule has 5 heteroatoms. The van der Waals surface area contributed by atoms with Gasteiger partial charge >= 0.3 is 0 Å². The Bertz CT molecular complexity index is 638. The van der Waals surface area contributed by atoms with E-state index in [0.717, 1.165) is 18.1 Å². The highest BCUT2D eigenvalue weighted by molar-refractivity contribution is 5.64. The number of phenols is 1. The molecular formula is C16H18N2O3. The Kier molecular flexibility index (Phi) is 4.42. The Morgan fingerprint density at radius 2 is 1.90 bits per heavy atom. The summed E-state index contributed by atoms with van der Waals surface area (Å²) in [4.78, 5) is 10.5. The van der Waals surface area contributed by atoms with Crippen molar-refractivity contribution in [3.63, 3.8) is 0 Å². The van der Waals surface area contributed by atoms with Crippen LogP contribution in [-0.2, 0) is 6.42 Å². The largest absolute Gasteiger partial charge is 0.508 e. The van der Waals surface area contributed by atoms with Crippen LogP contribution in [0.1, 0.15) is 31.0 Å². The van der Waals surface area contributed by atoms with E-state index in [0.29, 0.717) is 5.69 Å². The van der Waals surface area contributed by atoms with Crippen molar-refractivity contribution in [3.05, 3.63) is 63.7 Å². The number of benzene rings is 2. The number of aromatic hydroxyl groups is 1. The Labute approximate surface area is 123 Å². The summed E-state index contributed by atoms with van der Waals surface area (Å²) in [5, 5.41) is 23.5. The Balaban J connectivity index is 2.22. The van der Waals surface area contributed by atoms with E-state index in [9.17, 15) is 15.2 Å². The van der Waals surface area contributed by atoms with E-state index in [4.69, 9.17) is 0 Å². The summed E-state index contributed by atoms with van der Waals surface area (Å²) >= 11 is 0. The highest BCUT2D eigenvalue weighted by atomic mass is 16.6. The maximum Gasteiger partial charge on any atom is 0.296 e. The average molecular weight is 286 g/mol. The summed E-state index contributed by atoms with van der Waals surface area (Å²) in [6, 6.07) is 12.2. The van der Waals surface area contributed by atoms with Crippen molar-refractivity contribution in [2.45, 2.75) is 26.3 Å². The topological polar surface area (TPSA) is 75.4 Å². The molecule has 21 heavy (non-hydrogen) atoms. The van der Waals surface area contributed by atoms with Gasteiger partial charge in [0.2, 0.25) is 0 Å². The predicted molar refractivity (Wildman–Crippen MR) is 82.6 cm³/mol. The highest BCUT2D eigenvalue weighted by Gasteiger charge is 2.16. The lowest BCUT2D eigenvalue weighted by molar-refractivity contribution is -0.384. The van der Waals surface area contributed by atoms with Crippen molar-refractivity contribution in [1.82, 2.24) is 0 Å². The molecule has 0 heterocycles. The number of aryl methyl sites for hydroxylation is 1. The normalized spacial score (nSPS) is 11.9. The Morgan fingerprint density at radius 3 is 2.48 bits per heavy atom. The van der Waals surface area contributed by atoms with Crippen LogP contribution < -0.4 is 5.32 Å². The molecule has 0 aromatic heterocycles. The first-order valence-corrected chi connectivity index (χ1v) is 6.84. The van der Waals surface area contributed by atoms with Crippen LogP contribution in [0.5, 0.6) is 5.75 Å². The van der Waals surface area contributed by atoms with Gasteiger partial charge in [-0.25, -0.2) is 0 Å². The molecule has 0 spiro atoms. The molecule has 0 aliphatic carbocycles. The second-order valence-corrected chi connectivity index (χ2v) is 4.92. The molecule has 2 aromatic carbocycles. The predicted octanol–water partition coefficient (Wildman–Crippen LogP) is 4.04. The van der Waals surface area contributed by atoms with Crippen molar-refractivity contribution < 1.29 is 10.0 Å². The number of hydrogen-bond acceptors (Lipinski definition) is 4. The highest BCUT2D eigenvalue weighted by Crippen LogP contribution is 2.31. The number of nitro groups is 1. The third-order valence-corrected chi connectivity index (χ3v) is 3.44. The van der Waals surface area contributed by atoms with Gasteiger partial charge in [-0.3, -0.25) is 10.1 Å². The van der Waals surface area contributed by atoms with E-state index < -0.39 is 4.92 Å². The van der Waals surface area contributed by atoms with Gasteiger partial charge in [-0.2, -0.15) is 0 Å². The summed E-state index contributed by atoms with van der Waals surface area (Å²) < 4.78 is 0. The first kappa shape index (κ1) is 14.8. The van der Waals surface area contributed by atoms with Gasteiger partial charge in [-0.1, -0.05) is 31.2 Å². The van der Waals surface area contributed by atoms with Crippen molar-refractivity contribution in [2.75, 3.05) is 5.32 Å². The number of nitro benzene ring substituents is 1. The number of phenolic OH excluding ortho intramolecular Hbond substituents is 1. The molecule has 110 valence electrons. The van der Waals surface area contributed by atoms with Crippen molar-refractivity contribution in [3.8, 4) is 5.75 Å². The van der Waals surface area contributed by atoms with Gasteiger partial charge in [0, 0.05) is 6.04 Å². The van der Waals surface area contributed by atoms with Gasteiger partial charge in [0.1, 0.15) is 11.4 Å². The zero-order valence-electron chi connectivity index (χ0n) is 12.0. The second kappa shape index (κ2) is 6.26. The van der Waals surface area contributed by atoms with Crippen LogP contribution in [0.3, 0.4) is 0 Å². The summed E-state index contributed by atoms with van der Waals surface area (Å²) in [5.74, 6) is -0.118. The quantitative estimate of drug-likeness (QED) is 0.494. The standard InChI is InChI=1S/C16H18N2O3/c1-3-12-4-6-13(7-5-12)11(2)17-15-9-8-14(19)10-16(15)18(20)21/h4-11,17,19H,3H2,1-2H3. The maximum absolute atomic E-state index is 11.0. The number of nitrogens with one attached hydrogen (secondary N) is 1. The Hall–Kier alpha value is -2.56. The molecule has 2 rings (SSSR count). The minimum Gasteiger partial charge on any atom is -0.508 e. The third-order valence-electron chi connectivity index (χ3n) is 3.44. The minimum absolute atomic E-state index is 0.0702. The van der Waals surface area contributed by atoms with Crippen LogP contribution in [0.25, 0.3) is 0 Å². The lowest BCUT2D eigenvalue weighted by Gasteiger charge is -2.16. The number of anilines is 1. The average Bonchev–Trinajstić information content (AvgIpc) is 2.49. The third kappa shape index (κ3) is 3.51. The first-order chi connectivity index (χ1) is 10.0. The van der Waals surface area contributed by atoms with Crippen LogP contribution in [0.15, 0.2) is 42.5 Å². The van der Waals surface area contributed by atoms with E-state index in [1.54, 1.807) is 0 Å².